The van der Waals surface area contributed by atoms with E-state index < -0.39 is 5.97 Å². The highest BCUT2D eigenvalue weighted by molar-refractivity contribution is 5.73. The first-order valence-corrected chi connectivity index (χ1v) is 7.42. The van der Waals surface area contributed by atoms with Crippen LogP contribution in [0.5, 0.6) is 0 Å². The Morgan fingerprint density at radius 1 is 1.33 bits per heavy atom. The van der Waals surface area contributed by atoms with E-state index in [4.69, 9.17) is 5.11 Å². The molecule has 1 aliphatic carbocycles. The van der Waals surface area contributed by atoms with Crippen LogP contribution in [0.15, 0.2) is 12.3 Å². The molecule has 1 aromatic heterocycles. The molecule has 0 aliphatic heterocycles. The molecule has 1 aliphatic rings. The summed E-state index contributed by atoms with van der Waals surface area (Å²) < 4.78 is 1.99. The molecule has 3 N–H and O–H groups in total. The average Bonchev–Trinajstić information content (AvgIpc) is 3.11. The van der Waals surface area contributed by atoms with Crippen LogP contribution in [0.25, 0.3) is 0 Å². The van der Waals surface area contributed by atoms with Crippen molar-refractivity contribution in [2.45, 2.75) is 51.1 Å². The number of carboxylic acid groups (broad SMARTS) is 1. The minimum absolute atomic E-state index is 0.0616. The second-order valence-corrected chi connectivity index (χ2v) is 5.33. The van der Waals surface area contributed by atoms with Crippen molar-refractivity contribution < 1.29 is 14.7 Å². The Morgan fingerprint density at radius 2 is 2.10 bits per heavy atom. The van der Waals surface area contributed by atoms with Crippen molar-refractivity contribution >= 4 is 12.0 Å². The van der Waals surface area contributed by atoms with Gasteiger partial charge in [0.2, 0.25) is 0 Å². The van der Waals surface area contributed by atoms with Crippen LogP contribution >= 0.6 is 0 Å². The van der Waals surface area contributed by atoms with Gasteiger partial charge in [-0.3, -0.25) is 9.48 Å². The van der Waals surface area contributed by atoms with Gasteiger partial charge in [-0.2, -0.15) is 5.10 Å². The molecule has 1 fully saturated rings. The fourth-order valence-corrected chi connectivity index (χ4v) is 2.52. The smallest absolute Gasteiger partial charge is 0.315 e. The zero-order valence-corrected chi connectivity index (χ0v) is 12.0. The maximum absolute atomic E-state index is 11.5. The molecular formula is C14H22N4O3. The largest absolute Gasteiger partial charge is 0.481 e. The van der Waals surface area contributed by atoms with Gasteiger partial charge in [0, 0.05) is 19.2 Å². The lowest BCUT2D eigenvalue weighted by Gasteiger charge is -2.09. The summed E-state index contributed by atoms with van der Waals surface area (Å²) in [7, 11) is 0. The van der Waals surface area contributed by atoms with Crippen molar-refractivity contribution in [2.75, 3.05) is 6.54 Å². The molecule has 0 unspecified atom stereocenters. The fourth-order valence-electron chi connectivity index (χ4n) is 2.52. The summed E-state index contributed by atoms with van der Waals surface area (Å²) >= 11 is 0. The highest BCUT2D eigenvalue weighted by atomic mass is 16.4. The third-order valence-corrected chi connectivity index (χ3v) is 3.65. The Bertz CT molecular complexity index is 480. The lowest BCUT2D eigenvalue weighted by Crippen LogP contribution is -2.35. The zero-order chi connectivity index (χ0) is 15.1. The van der Waals surface area contributed by atoms with Crippen LogP contribution in [0, 0.1) is 0 Å². The van der Waals surface area contributed by atoms with Crippen molar-refractivity contribution in [3.05, 3.63) is 18.0 Å². The van der Waals surface area contributed by atoms with E-state index in [1.54, 1.807) is 0 Å². The molecule has 7 heteroatoms. The van der Waals surface area contributed by atoms with Gasteiger partial charge in [-0.1, -0.05) is 12.8 Å². The van der Waals surface area contributed by atoms with Crippen molar-refractivity contribution in [1.82, 2.24) is 20.4 Å². The highest BCUT2D eigenvalue weighted by Gasteiger charge is 2.17. The number of aliphatic carboxylic acids is 1. The second kappa shape index (κ2) is 7.66. The summed E-state index contributed by atoms with van der Waals surface area (Å²) in [6.45, 7) is 0.735. The maximum Gasteiger partial charge on any atom is 0.315 e. The molecule has 7 nitrogen and oxygen atoms in total. The first-order valence-electron chi connectivity index (χ1n) is 7.42. The van der Waals surface area contributed by atoms with Gasteiger partial charge in [0.15, 0.2) is 0 Å². The van der Waals surface area contributed by atoms with Crippen LogP contribution in [-0.4, -0.2) is 33.4 Å². The summed E-state index contributed by atoms with van der Waals surface area (Å²) in [5.41, 5.74) is 0.836. The molecule has 2 amide bonds. The normalized spacial score (nSPS) is 15.0. The lowest BCUT2D eigenvalue weighted by atomic mass is 10.3. The van der Waals surface area contributed by atoms with E-state index in [2.05, 4.69) is 15.7 Å². The van der Waals surface area contributed by atoms with E-state index in [-0.39, 0.29) is 12.5 Å². The fraction of sp³-hybridized carbons (Fsp3) is 0.643. The Balaban J connectivity index is 1.65. The number of carbonyl (C=O) groups is 2. The lowest BCUT2D eigenvalue weighted by molar-refractivity contribution is -0.137. The summed E-state index contributed by atoms with van der Waals surface area (Å²) in [5, 5.41) is 18.3. The standard InChI is InChI=1S/C14H22N4O3/c19-13(20)6-3-8-15-14(21)16-10-11-7-9-18(17-11)12-4-1-2-5-12/h7,9,12H,1-6,8,10H2,(H,19,20)(H2,15,16,21). The van der Waals surface area contributed by atoms with Crippen LogP contribution in [0.1, 0.15) is 50.3 Å². The van der Waals surface area contributed by atoms with Crippen LogP contribution in [0.4, 0.5) is 4.79 Å². The first kappa shape index (κ1) is 15.3. The summed E-state index contributed by atoms with van der Waals surface area (Å²) in [6, 6.07) is 2.13. The van der Waals surface area contributed by atoms with E-state index >= 15 is 0 Å². The van der Waals surface area contributed by atoms with Crippen LogP contribution in [0.2, 0.25) is 0 Å². The van der Waals surface area contributed by atoms with Gasteiger partial charge in [0.1, 0.15) is 0 Å². The number of urea groups is 1. The number of carbonyl (C=O) groups excluding carboxylic acids is 1. The molecule has 0 radical (unpaired) electrons. The van der Waals surface area contributed by atoms with E-state index in [9.17, 15) is 9.59 Å². The van der Waals surface area contributed by atoms with E-state index in [1.165, 1.54) is 25.7 Å². The van der Waals surface area contributed by atoms with E-state index in [0.29, 0.717) is 25.6 Å². The molecule has 0 atom stereocenters. The molecule has 1 heterocycles. The number of nitrogens with zero attached hydrogens (tertiary/aromatic N) is 2. The van der Waals surface area contributed by atoms with E-state index in [1.807, 2.05) is 16.9 Å². The van der Waals surface area contributed by atoms with Crippen molar-refractivity contribution in [3.8, 4) is 0 Å². The summed E-state index contributed by atoms with van der Waals surface area (Å²) in [5.74, 6) is -0.852. The van der Waals surface area contributed by atoms with Crippen LogP contribution in [0.3, 0.4) is 0 Å². The number of hydrogen-bond donors (Lipinski definition) is 3. The Hall–Kier alpha value is -2.05. The van der Waals surface area contributed by atoms with Crippen LogP contribution in [-0.2, 0) is 11.3 Å². The maximum atomic E-state index is 11.5. The second-order valence-electron chi connectivity index (χ2n) is 5.33. The zero-order valence-electron chi connectivity index (χ0n) is 12.0. The Morgan fingerprint density at radius 3 is 2.81 bits per heavy atom. The number of amides is 2. The third kappa shape index (κ3) is 5.09. The molecule has 0 saturated heterocycles. The predicted octanol–water partition coefficient (Wildman–Crippen LogP) is 1.66. The molecule has 1 aromatic rings. The average molecular weight is 294 g/mol. The molecule has 1 saturated carbocycles. The van der Waals surface area contributed by atoms with Gasteiger partial charge in [-0.15, -0.1) is 0 Å². The van der Waals surface area contributed by atoms with Crippen molar-refractivity contribution in [2.24, 2.45) is 0 Å². The first-order chi connectivity index (χ1) is 10.1. The molecule has 0 aromatic carbocycles. The Labute approximate surface area is 123 Å². The van der Waals surface area contributed by atoms with Gasteiger partial charge in [-0.05, 0) is 25.3 Å². The Kier molecular flexibility index (Phi) is 5.59. The summed E-state index contributed by atoms with van der Waals surface area (Å²) in [6.07, 6.45) is 7.34. The van der Waals surface area contributed by atoms with Crippen molar-refractivity contribution in [1.29, 1.82) is 0 Å². The minimum Gasteiger partial charge on any atom is -0.481 e. The number of carboxylic acids is 1. The molecule has 21 heavy (non-hydrogen) atoms. The highest BCUT2D eigenvalue weighted by Crippen LogP contribution is 2.28. The monoisotopic (exact) mass is 294 g/mol. The molecule has 2 rings (SSSR count). The minimum atomic E-state index is -0.852. The number of nitrogens with one attached hydrogen (secondary N) is 2. The van der Waals surface area contributed by atoms with Crippen molar-refractivity contribution in [3.63, 3.8) is 0 Å². The summed E-state index contributed by atoms with van der Waals surface area (Å²) in [4.78, 5) is 21.8. The topological polar surface area (TPSA) is 96.3 Å². The van der Waals surface area contributed by atoms with Gasteiger partial charge < -0.3 is 15.7 Å². The van der Waals surface area contributed by atoms with Crippen LogP contribution < -0.4 is 10.6 Å². The van der Waals surface area contributed by atoms with Gasteiger partial charge in [0.25, 0.3) is 0 Å². The van der Waals surface area contributed by atoms with E-state index in [0.717, 1.165) is 5.69 Å². The molecule has 0 bridgehead atoms. The van der Waals surface area contributed by atoms with Gasteiger partial charge in [-0.25, -0.2) is 4.79 Å². The number of rotatable bonds is 7. The number of hydrogen-bond acceptors (Lipinski definition) is 3. The third-order valence-electron chi connectivity index (χ3n) is 3.65. The van der Waals surface area contributed by atoms with Gasteiger partial charge >= 0.3 is 12.0 Å². The molecule has 116 valence electrons. The number of aromatic nitrogens is 2. The molecule has 0 spiro atoms. The molecular weight excluding hydrogens is 272 g/mol. The predicted molar refractivity (Wildman–Crippen MR) is 76.8 cm³/mol. The quantitative estimate of drug-likeness (QED) is 0.666. The van der Waals surface area contributed by atoms with Gasteiger partial charge in [0.05, 0.1) is 18.3 Å². The SMILES string of the molecule is O=C(O)CCCNC(=O)NCc1ccn(C2CCCC2)n1.